The number of hydrogen-bond acceptors (Lipinski definition) is 7. The standard InChI is InChI=1S/C14H17N5O4S/c1-4-5-15-10(20)7-24-14-18-17-11(23-14)6-9-8(2)16-13(22)19(3)12(9)21/h4H,1,5-7H2,2-3H3,(H,15,20)(H,16,22). The van der Waals surface area contributed by atoms with Gasteiger partial charge in [-0.25, -0.2) is 4.79 Å². The molecule has 2 heterocycles. The molecule has 0 saturated heterocycles. The van der Waals surface area contributed by atoms with E-state index >= 15 is 0 Å². The van der Waals surface area contributed by atoms with Gasteiger partial charge in [0.25, 0.3) is 10.8 Å². The van der Waals surface area contributed by atoms with Crippen molar-refractivity contribution < 1.29 is 9.21 Å². The Morgan fingerprint density at radius 2 is 2.21 bits per heavy atom. The molecule has 0 aliphatic heterocycles. The lowest BCUT2D eigenvalue weighted by atomic mass is 10.2. The maximum atomic E-state index is 12.1. The zero-order valence-corrected chi connectivity index (χ0v) is 14.1. The van der Waals surface area contributed by atoms with Gasteiger partial charge in [0.15, 0.2) is 0 Å². The average Bonchev–Trinajstić information content (AvgIpc) is 3.00. The van der Waals surface area contributed by atoms with E-state index in [2.05, 4.69) is 27.1 Å². The lowest BCUT2D eigenvalue weighted by molar-refractivity contribution is -0.118. The van der Waals surface area contributed by atoms with E-state index in [-0.39, 0.29) is 29.2 Å². The Labute approximate surface area is 141 Å². The highest BCUT2D eigenvalue weighted by atomic mass is 32.2. The normalized spacial score (nSPS) is 10.6. The van der Waals surface area contributed by atoms with Gasteiger partial charge in [0.2, 0.25) is 11.8 Å². The van der Waals surface area contributed by atoms with Crippen molar-refractivity contribution in [1.82, 2.24) is 25.1 Å². The lowest BCUT2D eigenvalue weighted by Gasteiger charge is -2.04. The van der Waals surface area contributed by atoms with Gasteiger partial charge in [-0.05, 0) is 6.92 Å². The Balaban J connectivity index is 2.06. The van der Waals surface area contributed by atoms with E-state index in [9.17, 15) is 14.4 Å². The molecule has 24 heavy (non-hydrogen) atoms. The number of nitrogens with one attached hydrogen (secondary N) is 2. The van der Waals surface area contributed by atoms with Crippen molar-refractivity contribution in [2.75, 3.05) is 12.3 Å². The first-order valence-corrected chi connectivity index (χ1v) is 8.02. The highest BCUT2D eigenvalue weighted by molar-refractivity contribution is 7.99. The van der Waals surface area contributed by atoms with Crippen molar-refractivity contribution in [3.05, 3.63) is 50.6 Å². The quantitative estimate of drug-likeness (QED) is 0.521. The largest absolute Gasteiger partial charge is 0.416 e. The lowest BCUT2D eigenvalue weighted by Crippen LogP contribution is -2.36. The summed E-state index contributed by atoms with van der Waals surface area (Å²) in [5, 5.41) is 10.6. The maximum Gasteiger partial charge on any atom is 0.328 e. The third kappa shape index (κ3) is 4.22. The van der Waals surface area contributed by atoms with Gasteiger partial charge in [0.05, 0.1) is 12.2 Å². The van der Waals surface area contributed by atoms with Crippen LogP contribution in [0.4, 0.5) is 0 Å². The molecule has 1 amide bonds. The number of aromatic nitrogens is 4. The van der Waals surface area contributed by atoms with Crippen LogP contribution in [0.2, 0.25) is 0 Å². The third-order valence-corrected chi connectivity index (χ3v) is 3.98. The molecule has 0 radical (unpaired) electrons. The Hall–Kier alpha value is -2.62. The summed E-state index contributed by atoms with van der Waals surface area (Å²) in [6.45, 7) is 5.53. The highest BCUT2D eigenvalue weighted by Gasteiger charge is 2.15. The number of nitrogens with zero attached hydrogens (tertiary/aromatic N) is 3. The first-order chi connectivity index (χ1) is 11.4. The minimum atomic E-state index is -0.478. The number of carbonyl (C=O) groups excluding carboxylic acids is 1. The second-order valence-corrected chi connectivity index (χ2v) is 5.84. The van der Waals surface area contributed by atoms with Crippen LogP contribution in [0, 0.1) is 6.92 Å². The van der Waals surface area contributed by atoms with E-state index in [1.165, 1.54) is 7.05 Å². The summed E-state index contributed by atoms with van der Waals surface area (Å²) in [6.07, 6.45) is 1.69. The van der Waals surface area contributed by atoms with E-state index in [0.717, 1.165) is 16.3 Å². The SMILES string of the molecule is C=CCNC(=O)CSc1nnc(Cc2c(C)[nH]c(=O)n(C)c2=O)o1. The minimum absolute atomic E-state index is 0.103. The molecular formula is C14H17N5O4S. The first kappa shape index (κ1) is 17.7. The Bertz CT molecular complexity index is 867. The summed E-state index contributed by atoms with van der Waals surface area (Å²) in [5.74, 6) is 0.191. The first-order valence-electron chi connectivity index (χ1n) is 7.04. The van der Waals surface area contributed by atoms with Crippen LogP contribution >= 0.6 is 11.8 Å². The summed E-state index contributed by atoms with van der Waals surface area (Å²) in [4.78, 5) is 37.7. The van der Waals surface area contributed by atoms with Crippen molar-refractivity contribution in [2.45, 2.75) is 18.6 Å². The molecule has 0 saturated carbocycles. The van der Waals surface area contributed by atoms with Gasteiger partial charge in [-0.2, -0.15) is 0 Å². The number of H-pyrrole nitrogens is 1. The highest BCUT2D eigenvalue weighted by Crippen LogP contribution is 2.17. The molecule has 2 aromatic heterocycles. The number of thioether (sulfide) groups is 1. The number of amides is 1. The molecule has 0 atom stereocenters. The fourth-order valence-electron chi connectivity index (χ4n) is 1.87. The van der Waals surface area contributed by atoms with E-state index < -0.39 is 11.2 Å². The zero-order valence-electron chi connectivity index (χ0n) is 13.3. The maximum absolute atomic E-state index is 12.1. The van der Waals surface area contributed by atoms with Crippen LogP contribution in [-0.4, -0.2) is 38.0 Å². The molecule has 0 aromatic carbocycles. The molecule has 128 valence electrons. The number of aryl methyl sites for hydroxylation is 1. The number of rotatable bonds is 7. The number of aromatic amines is 1. The van der Waals surface area contributed by atoms with Gasteiger partial charge in [0.1, 0.15) is 0 Å². The molecule has 2 aromatic rings. The third-order valence-electron chi connectivity index (χ3n) is 3.16. The number of carbonyl (C=O) groups is 1. The van der Waals surface area contributed by atoms with Gasteiger partial charge in [0, 0.05) is 24.8 Å². The minimum Gasteiger partial charge on any atom is -0.416 e. The van der Waals surface area contributed by atoms with Crippen LogP contribution in [0.5, 0.6) is 0 Å². The van der Waals surface area contributed by atoms with Gasteiger partial charge in [-0.3, -0.25) is 14.2 Å². The van der Waals surface area contributed by atoms with Crippen molar-refractivity contribution in [2.24, 2.45) is 7.05 Å². The molecule has 0 aliphatic rings. The van der Waals surface area contributed by atoms with Crippen LogP contribution < -0.4 is 16.6 Å². The van der Waals surface area contributed by atoms with Crippen molar-refractivity contribution in [3.8, 4) is 0 Å². The molecule has 0 unspecified atom stereocenters. The summed E-state index contributed by atoms with van der Waals surface area (Å²) < 4.78 is 6.41. The summed E-state index contributed by atoms with van der Waals surface area (Å²) in [5.41, 5.74) is -0.0543. The Morgan fingerprint density at radius 3 is 2.92 bits per heavy atom. The van der Waals surface area contributed by atoms with E-state index in [4.69, 9.17) is 4.42 Å². The molecule has 0 spiro atoms. The molecular weight excluding hydrogens is 334 g/mol. The molecule has 2 rings (SSSR count). The Kier molecular flexibility index (Phi) is 5.74. The number of hydrogen-bond donors (Lipinski definition) is 2. The second kappa shape index (κ2) is 7.77. The topological polar surface area (TPSA) is 123 Å². The summed E-state index contributed by atoms with van der Waals surface area (Å²) in [6, 6.07) is 0. The fourth-order valence-corrected chi connectivity index (χ4v) is 2.48. The molecule has 0 fully saturated rings. The average molecular weight is 351 g/mol. The molecule has 9 nitrogen and oxygen atoms in total. The van der Waals surface area contributed by atoms with Crippen LogP contribution in [0.3, 0.4) is 0 Å². The van der Waals surface area contributed by atoms with Gasteiger partial charge < -0.3 is 14.7 Å². The smallest absolute Gasteiger partial charge is 0.328 e. The Morgan fingerprint density at radius 1 is 1.46 bits per heavy atom. The predicted molar refractivity (Wildman–Crippen MR) is 88.1 cm³/mol. The van der Waals surface area contributed by atoms with E-state index in [1.54, 1.807) is 13.0 Å². The van der Waals surface area contributed by atoms with Crippen LogP contribution in [0.15, 0.2) is 31.9 Å². The molecule has 0 aliphatic carbocycles. The van der Waals surface area contributed by atoms with Crippen LogP contribution in [0.1, 0.15) is 17.1 Å². The van der Waals surface area contributed by atoms with Crippen molar-refractivity contribution >= 4 is 17.7 Å². The van der Waals surface area contributed by atoms with Crippen molar-refractivity contribution in [3.63, 3.8) is 0 Å². The van der Waals surface area contributed by atoms with Gasteiger partial charge >= 0.3 is 5.69 Å². The predicted octanol–water partition coefficient (Wildman–Crippen LogP) is -0.250. The second-order valence-electron chi connectivity index (χ2n) is 4.92. The van der Waals surface area contributed by atoms with Gasteiger partial charge in [-0.1, -0.05) is 17.8 Å². The molecule has 0 bridgehead atoms. The van der Waals surface area contributed by atoms with Crippen LogP contribution in [-0.2, 0) is 18.3 Å². The van der Waals surface area contributed by atoms with Crippen molar-refractivity contribution in [1.29, 1.82) is 0 Å². The molecule has 2 N–H and O–H groups in total. The van der Waals surface area contributed by atoms with Crippen LogP contribution in [0.25, 0.3) is 0 Å². The monoisotopic (exact) mass is 351 g/mol. The molecule has 10 heteroatoms. The summed E-state index contributed by atoms with van der Waals surface area (Å²) >= 11 is 1.10. The fraction of sp³-hybridized carbons (Fsp3) is 0.357. The zero-order chi connectivity index (χ0) is 17.7. The van der Waals surface area contributed by atoms with E-state index in [1.807, 2.05) is 0 Å². The summed E-state index contributed by atoms with van der Waals surface area (Å²) in [7, 11) is 1.39. The van der Waals surface area contributed by atoms with E-state index in [0.29, 0.717) is 17.8 Å². The van der Waals surface area contributed by atoms with Gasteiger partial charge in [-0.15, -0.1) is 16.8 Å².